The Kier molecular flexibility index (Phi) is 3.48. The minimum atomic E-state index is 0.463. The predicted molar refractivity (Wildman–Crippen MR) is 76.5 cm³/mol. The second-order valence-electron chi connectivity index (χ2n) is 5.93. The van der Waals surface area contributed by atoms with Gasteiger partial charge in [0.2, 0.25) is 5.89 Å². The fourth-order valence-electron chi connectivity index (χ4n) is 2.97. The number of hydrogen-bond donors (Lipinski definition) is 1. The quantitative estimate of drug-likeness (QED) is 0.877. The number of hydrogen-bond acceptors (Lipinski definition) is 6. The lowest BCUT2D eigenvalue weighted by Crippen LogP contribution is -2.38. The third kappa shape index (κ3) is 3.01. The first-order valence-corrected chi connectivity index (χ1v) is 7.72. The molecule has 1 saturated heterocycles. The van der Waals surface area contributed by atoms with E-state index in [1.165, 1.54) is 25.7 Å². The minimum absolute atomic E-state index is 0.463. The molecule has 0 bridgehead atoms. The monoisotopic (exact) mass is 288 g/mol. The first-order valence-electron chi connectivity index (χ1n) is 7.72. The van der Waals surface area contributed by atoms with Crippen molar-refractivity contribution in [1.82, 2.24) is 20.4 Å². The summed E-state index contributed by atoms with van der Waals surface area (Å²) in [5, 5.41) is 11.8. The van der Waals surface area contributed by atoms with Gasteiger partial charge in [-0.25, -0.2) is 0 Å². The second-order valence-corrected chi connectivity index (χ2v) is 5.93. The molecule has 0 aromatic carbocycles. The van der Waals surface area contributed by atoms with E-state index in [0.29, 0.717) is 29.6 Å². The SMILES string of the molecule is c1coc(-c2nnc(CN(CC3CCCN3)C3CC3)o2)c1. The number of rotatable bonds is 6. The zero-order valence-electron chi connectivity index (χ0n) is 12.0. The summed E-state index contributed by atoms with van der Waals surface area (Å²) in [6.07, 6.45) is 6.73. The van der Waals surface area contributed by atoms with Crippen molar-refractivity contribution < 1.29 is 8.83 Å². The Labute approximate surface area is 123 Å². The molecule has 1 aliphatic heterocycles. The largest absolute Gasteiger partial charge is 0.459 e. The van der Waals surface area contributed by atoms with Gasteiger partial charge in [-0.3, -0.25) is 4.90 Å². The van der Waals surface area contributed by atoms with Crippen molar-refractivity contribution in [1.29, 1.82) is 0 Å². The van der Waals surface area contributed by atoms with E-state index < -0.39 is 0 Å². The van der Waals surface area contributed by atoms with E-state index in [1.807, 2.05) is 12.1 Å². The first kappa shape index (κ1) is 13.0. The fourth-order valence-corrected chi connectivity index (χ4v) is 2.97. The van der Waals surface area contributed by atoms with Crippen LogP contribution in [0.2, 0.25) is 0 Å². The molecule has 2 fully saturated rings. The van der Waals surface area contributed by atoms with Crippen molar-refractivity contribution in [3.63, 3.8) is 0 Å². The summed E-state index contributed by atoms with van der Waals surface area (Å²) in [6.45, 7) is 2.95. The number of nitrogens with zero attached hydrogens (tertiary/aromatic N) is 3. The average molecular weight is 288 g/mol. The van der Waals surface area contributed by atoms with Crippen molar-refractivity contribution in [3.8, 4) is 11.7 Å². The zero-order valence-corrected chi connectivity index (χ0v) is 12.0. The van der Waals surface area contributed by atoms with Gasteiger partial charge in [0.1, 0.15) is 0 Å². The summed E-state index contributed by atoms with van der Waals surface area (Å²) in [5.41, 5.74) is 0. The highest BCUT2D eigenvalue weighted by Crippen LogP contribution is 2.29. The predicted octanol–water partition coefficient (Wildman–Crippen LogP) is 2.05. The van der Waals surface area contributed by atoms with Crippen LogP contribution in [0.4, 0.5) is 0 Å². The van der Waals surface area contributed by atoms with Gasteiger partial charge in [-0.2, -0.15) is 0 Å². The van der Waals surface area contributed by atoms with Crippen LogP contribution in [0.15, 0.2) is 27.2 Å². The molecule has 1 aliphatic carbocycles. The molecule has 1 saturated carbocycles. The summed E-state index contributed by atoms with van der Waals surface area (Å²) in [7, 11) is 0. The smallest absolute Gasteiger partial charge is 0.283 e. The zero-order chi connectivity index (χ0) is 14.1. The Morgan fingerprint density at radius 3 is 2.95 bits per heavy atom. The molecule has 112 valence electrons. The lowest BCUT2D eigenvalue weighted by molar-refractivity contribution is 0.210. The topological polar surface area (TPSA) is 67.3 Å². The van der Waals surface area contributed by atoms with E-state index >= 15 is 0 Å². The molecule has 0 amide bonds. The molecule has 2 aliphatic rings. The molecule has 0 spiro atoms. The number of aromatic nitrogens is 2. The van der Waals surface area contributed by atoms with Crippen LogP contribution in [0.25, 0.3) is 11.7 Å². The molecule has 1 unspecified atom stereocenters. The van der Waals surface area contributed by atoms with Crippen molar-refractivity contribution in [3.05, 3.63) is 24.3 Å². The van der Waals surface area contributed by atoms with Crippen molar-refractivity contribution in [2.75, 3.05) is 13.1 Å². The van der Waals surface area contributed by atoms with Gasteiger partial charge in [-0.05, 0) is 44.4 Å². The van der Waals surface area contributed by atoms with Gasteiger partial charge in [0.25, 0.3) is 5.89 Å². The molecule has 0 radical (unpaired) electrons. The molecule has 3 heterocycles. The van der Waals surface area contributed by atoms with E-state index in [-0.39, 0.29) is 0 Å². The van der Waals surface area contributed by atoms with Gasteiger partial charge < -0.3 is 14.2 Å². The average Bonchev–Trinajstić information content (AvgIpc) is 2.93. The van der Waals surface area contributed by atoms with Crippen LogP contribution in [-0.4, -0.2) is 40.3 Å². The van der Waals surface area contributed by atoms with Crippen LogP contribution >= 0.6 is 0 Å². The van der Waals surface area contributed by atoms with Crippen molar-refractivity contribution in [2.24, 2.45) is 0 Å². The normalized spacial score (nSPS) is 22.2. The molecule has 1 atom stereocenters. The molecular weight excluding hydrogens is 268 g/mol. The Hall–Kier alpha value is -1.66. The highest BCUT2D eigenvalue weighted by Gasteiger charge is 2.32. The minimum Gasteiger partial charge on any atom is -0.459 e. The van der Waals surface area contributed by atoms with E-state index in [1.54, 1.807) is 6.26 Å². The maximum absolute atomic E-state index is 5.72. The van der Waals surface area contributed by atoms with E-state index in [2.05, 4.69) is 20.4 Å². The van der Waals surface area contributed by atoms with Gasteiger partial charge >= 0.3 is 0 Å². The highest BCUT2D eigenvalue weighted by molar-refractivity contribution is 5.42. The Morgan fingerprint density at radius 1 is 1.29 bits per heavy atom. The van der Waals surface area contributed by atoms with Crippen LogP contribution in [0.1, 0.15) is 31.6 Å². The standard InChI is InChI=1S/C15H20N4O2/c1-3-11(16-7-1)9-19(12-5-6-12)10-14-17-18-15(21-14)13-4-2-8-20-13/h2,4,8,11-12,16H,1,3,5-7,9-10H2. The van der Waals surface area contributed by atoms with E-state index in [0.717, 1.165) is 19.6 Å². The van der Waals surface area contributed by atoms with Gasteiger partial charge in [0.05, 0.1) is 12.8 Å². The summed E-state index contributed by atoms with van der Waals surface area (Å²) in [4.78, 5) is 2.47. The van der Waals surface area contributed by atoms with E-state index in [9.17, 15) is 0 Å². The highest BCUT2D eigenvalue weighted by atomic mass is 16.4. The Bertz CT molecular complexity index is 570. The van der Waals surface area contributed by atoms with Crippen LogP contribution in [-0.2, 0) is 6.54 Å². The molecule has 6 nitrogen and oxygen atoms in total. The maximum atomic E-state index is 5.72. The van der Waals surface area contributed by atoms with Crippen LogP contribution < -0.4 is 5.32 Å². The first-order chi connectivity index (χ1) is 10.4. The Balaban J connectivity index is 1.43. The molecule has 4 rings (SSSR count). The van der Waals surface area contributed by atoms with Gasteiger partial charge in [-0.15, -0.1) is 10.2 Å². The summed E-state index contributed by atoms with van der Waals surface area (Å²) < 4.78 is 11.0. The van der Waals surface area contributed by atoms with Gasteiger partial charge in [-0.1, -0.05) is 0 Å². The van der Waals surface area contributed by atoms with Crippen molar-refractivity contribution in [2.45, 2.75) is 44.3 Å². The van der Waals surface area contributed by atoms with Crippen LogP contribution in [0.3, 0.4) is 0 Å². The van der Waals surface area contributed by atoms with Crippen LogP contribution in [0.5, 0.6) is 0 Å². The summed E-state index contributed by atoms with van der Waals surface area (Å²) >= 11 is 0. The second kappa shape index (κ2) is 5.61. The molecule has 6 heteroatoms. The van der Waals surface area contributed by atoms with Crippen molar-refractivity contribution >= 4 is 0 Å². The summed E-state index contributed by atoms with van der Waals surface area (Å²) in [6, 6.07) is 4.95. The third-order valence-corrected chi connectivity index (χ3v) is 4.22. The molecular formula is C15H20N4O2. The number of nitrogens with one attached hydrogen (secondary N) is 1. The lowest BCUT2D eigenvalue weighted by Gasteiger charge is -2.23. The third-order valence-electron chi connectivity index (χ3n) is 4.22. The van der Waals surface area contributed by atoms with Crippen LogP contribution in [0, 0.1) is 0 Å². The molecule has 2 aromatic rings. The molecule has 1 N–H and O–H groups in total. The Morgan fingerprint density at radius 2 is 2.24 bits per heavy atom. The fraction of sp³-hybridized carbons (Fsp3) is 0.600. The molecule has 21 heavy (non-hydrogen) atoms. The van der Waals surface area contributed by atoms with Gasteiger partial charge in [0.15, 0.2) is 5.76 Å². The number of furan rings is 1. The molecule has 2 aromatic heterocycles. The lowest BCUT2D eigenvalue weighted by atomic mass is 10.2. The summed E-state index contributed by atoms with van der Waals surface area (Å²) in [5.74, 6) is 1.76. The van der Waals surface area contributed by atoms with Gasteiger partial charge in [0, 0.05) is 18.6 Å². The maximum Gasteiger partial charge on any atom is 0.283 e. The van der Waals surface area contributed by atoms with E-state index in [4.69, 9.17) is 8.83 Å².